The molecule has 230 valence electrons. The van der Waals surface area contributed by atoms with Gasteiger partial charge in [-0.25, -0.2) is 9.97 Å². The first-order chi connectivity index (χ1) is 21.3. The highest BCUT2D eigenvalue weighted by atomic mass is 16.5. The van der Waals surface area contributed by atoms with Crippen molar-refractivity contribution in [3.05, 3.63) is 83.7 Å². The Balaban J connectivity index is 1.20. The number of nitrogens with zero attached hydrogens (tertiary/aromatic N) is 5. The predicted molar refractivity (Wildman–Crippen MR) is 172 cm³/mol. The van der Waals surface area contributed by atoms with Crippen LogP contribution in [0.3, 0.4) is 0 Å². The fourth-order valence-corrected chi connectivity index (χ4v) is 5.18. The fraction of sp³-hybridized carbons (Fsp3) is 0.364. The molecule has 2 fully saturated rings. The number of benzene rings is 1. The van der Waals surface area contributed by atoms with Crippen LogP contribution in [0.25, 0.3) is 0 Å². The Bertz CT molecular complexity index is 1530. The van der Waals surface area contributed by atoms with Gasteiger partial charge in [0, 0.05) is 55.8 Å². The minimum Gasteiger partial charge on any atom is -0.456 e. The number of hydrogen-bond donors (Lipinski definition) is 3. The number of amidine groups is 1. The second-order valence-electron chi connectivity index (χ2n) is 11.3. The van der Waals surface area contributed by atoms with Crippen LogP contribution >= 0.6 is 0 Å². The number of hydrogen-bond acceptors (Lipinski definition) is 8. The van der Waals surface area contributed by atoms with E-state index in [1.165, 1.54) is 19.0 Å². The van der Waals surface area contributed by atoms with Crippen LogP contribution in [-0.4, -0.2) is 76.2 Å². The zero-order valence-corrected chi connectivity index (χ0v) is 25.3. The number of rotatable bonds is 12. The zero-order valence-electron chi connectivity index (χ0n) is 25.3. The first-order valence-electron chi connectivity index (χ1n) is 15.1. The number of aliphatic imine (C=N–C) groups is 1. The largest absolute Gasteiger partial charge is 0.456 e. The quantitative estimate of drug-likeness (QED) is 0.161. The van der Waals surface area contributed by atoms with E-state index in [1.54, 1.807) is 47.5 Å². The van der Waals surface area contributed by atoms with E-state index in [4.69, 9.17) is 16.2 Å². The second-order valence-corrected chi connectivity index (χ2v) is 11.3. The molecule has 1 aliphatic carbocycles. The lowest BCUT2D eigenvalue weighted by Gasteiger charge is -2.15. The molecular weight excluding hydrogens is 556 g/mol. The molecular formula is C33H40N8O3. The van der Waals surface area contributed by atoms with Crippen LogP contribution in [0.4, 0.5) is 11.6 Å². The lowest BCUT2D eigenvalue weighted by molar-refractivity contribution is -0.125. The van der Waals surface area contributed by atoms with Crippen LogP contribution in [0.5, 0.6) is 11.5 Å². The molecule has 2 aliphatic rings. The number of likely N-dealkylation sites (tertiary alicyclic amines) is 1. The molecule has 2 amide bonds. The van der Waals surface area contributed by atoms with E-state index in [1.807, 2.05) is 18.2 Å². The minimum absolute atomic E-state index is 0.0196. The number of pyridine rings is 2. The highest BCUT2D eigenvalue weighted by Crippen LogP contribution is 2.29. The van der Waals surface area contributed by atoms with E-state index in [-0.39, 0.29) is 29.5 Å². The van der Waals surface area contributed by atoms with Crippen molar-refractivity contribution in [1.82, 2.24) is 19.8 Å². The molecule has 0 spiro atoms. The van der Waals surface area contributed by atoms with Crippen molar-refractivity contribution in [2.24, 2.45) is 10.7 Å². The monoisotopic (exact) mass is 596 g/mol. The van der Waals surface area contributed by atoms with Crippen LogP contribution < -0.4 is 21.5 Å². The van der Waals surface area contributed by atoms with Crippen molar-refractivity contribution in [2.75, 3.05) is 37.7 Å². The molecule has 3 heterocycles. The fourth-order valence-electron chi connectivity index (χ4n) is 5.18. The smallest absolute Gasteiger partial charge is 0.256 e. The second kappa shape index (κ2) is 14.1. The third kappa shape index (κ3) is 7.99. The van der Waals surface area contributed by atoms with Gasteiger partial charge < -0.3 is 26.4 Å². The molecule has 5 rings (SSSR count). The average molecular weight is 597 g/mol. The van der Waals surface area contributed by atoms with Crippen LogP contribution in [0.15, 0.2) is 72.0 Å². The summed E-state index contributed by atoms with van der Waals surface area (Å²) in [7, 11) is 2.08. The summed E-state index contributed by atoms with van der Waals surface area (Å²) in [4.78, 5) is 42.6. The first-order valence-corrected chi connectivity index (χ1v) is 15.1. The topological polar surface area (TPSA) is 152 Å². The summed E-state index contributed by atoms with van der Waals surface area (Å²) in [5.74, 6) is 1.48. The van der Waals surface area contributed by atoms with Gasteiger partial charge in [0.25, 0.3) is 5.91 Å². The molecule has 1 aliphatic heterocycles. The Morgan fingerprint density at radius 2 is 1.91 bits per heavy atom. The molecule has 0 bridgehead atoms. The maximum Gasteiger partial charge on any atom is 0.256 e. The molecule has 1 atom stereocenters. The Hall–Kier alpha value is -4.77. The van der Waals surface area contributed by atoms with Crippen molar-refractivity contribution in [3.63, 3.8) is 0 Å². The van der Waals surface area contributed by atoms with E-state index >= 15 is 0 Å². The third-order valence-corrected chi connectivity index (χ3v) is 7.77. The van der Waals surface area contributed by atoms with Gasteiger partial charge in [0.15, 0.2) is 0 Å². The van der Waals surface area contributed by atoms with Crippen molar-refractivity contribution in [3.8, 4) is 11.5 Å². The number of aromatic nitrogens is 2. The van der Waals surface area contributed by atoms with Gasteiger partial charge in [-0.05, 0) is 74.7 Å². The number of nitrogen functional groups attached to an aromatic ring is 1. The van der Waals surface area contributed by atoms with Gasteiger partial charge in [0.1, 0.15) is 34.5 Å². The highest BCUT2D eigenvalue weighted by molar-refractivity contribution is 6.04. The van der Waals surface area contributed by atoms with Crippen LogP contribution in [0, 0.1) is 0 Å². The summed E-state index contributed by atoms with van der Waals surface area (Å²) in [6.45, 7) is 3.95. The summed E-state index contributed by atoms with van der Waals surface area (Å²) >= 11 is 0. The van der Waals surface area contributed by atoms with Gasteiger partial charge >= 0.3 is 0 Å². The zero-order chi connectivity index (χ0) is 31.1. The standard InChI is InChI=1S/C33H40N8O3/c1-3-5-22-13-16-36-28(20-22)39-33(43)23-7-11-26(12-8-23)44-27-14-17-37-31(34)30(27)32(35)38-24-15-19-41(21-24)29(42)6-4-18-40(2)25-9-10-25/h4,6-8,11-14,16-17,20,24-25H,3,5,9-10,15,18-19,21H2,1-2H3,(H2,34,37)(H2,35,38)(H,36,39,43)/b6-4+. The van der Waals surface area contributed by atoms with Crippen LogP contribution in [-0.2, 0) is 11.2 Å². The van der Waals surface area contributed by atoms with Gasteiger partial charge in [0.05, 0.1) is 6.04 Å². The highest BCUT2D eigenvalue weighted by Gasteiger charge is 2.27. The number of likely N-dealkylation sites (N-methyl/N-ethyl adjacent to an activating group) is 1. The van der Waals surface area contributed by atoms with Gasteiger partial charge in [-0.3, -0.25) is 19.5 Å². The Labute approximate surface area is 258 Å². The lowest BCUT2D eigenvalue weighted by atomic mass is 10.1. The molecule has 11 nitrogen and oxygen atoms in total. The number of aryl methyl sites for hydroxylation is 1. The number of amides is 2. The molecule has 3 aromatic rings. The minimum atomic E-state index is -0.270. The number of ether oxygens (including phenoxy) is 1. The van der Waals surface area contributed by atoms with Crippen LogP contribution in [0.1, 0.15) is 54.1 Å². The average Bonchev–Trinajstić information content (AvgIpc) is 3.76. The van der Waals surface area contributed by atoms with E-state index in [9.17, 15) is 9.59 Å². The van der Waals surface area contributed by atoms with Gasteiger partial charge in [-0.1, -0.05) is 19.4 Å². The molecule has 5 N–H and O–H groups in total. The lowest BCUT2D eigenvalue weighted by Crippen LogP contribution is -2.29. The van der Waals surface area contributed by atoms with Gasteiger partial charge in [0.2, 0.25) is 5.91 Å². The molecule has 1 saturated heterocycles. The van der Waals surface area contributed by atoms with Crippen molar-refractivity contribution in [2.45, 2.75) is 51.1 Å². The SMILES string of the molecule is CCCc1ccnc(NC(=O)c2ccc(Oc3ccnc(N)c3C(N)=NC3CCN(C(=O)/C=C/CN(C)C4CC4)C3)cc2)c1. The predicted octanol–water partition coefficient (Wildman–Crippen LogP) is 4.01. The number of carbonyl (C=O) groups excluding carboxylic acids is 2. The van der Waals surface area contributed by atoms with Crippen molar-refractivity contribution < 1.29 is 14.3 Å². The first kappa shape index (κ1) is 30.7. The van der Waals surface area contributed by atoms with E-state index in [2.05, 4.69) is 39.1 Å². The Morgan fingerprint density at radius 1 is 1.14 bits per heavy atom. The summed E-state index contributed by atoms with van der Waals surface area (Å²) in [6, 6.07) is 12.7. The van der Waals surface area contributed by atoms with Crippen molar-refractivity contribution in [1.29, 1.82) is 0 Å². The van der Waals surface area contributed by atoms with E-state index in [0.717, 1.165) is 24.9 Å². The maximum absolute atomic E-state index is 12.8. The third-order valence-electron chi connectivity index (χ3n) is 7.77. The number of nitrogens with two attached hydrogens (primary N) is 2. The summed E-state index contributed by atoms with van der Waals surface area (Å²) in [6.07, 6.45) is 11.9. The van der Waals surface area contributed by atoms with Gasteiger partial charge in [-0.2, -0.15) is 0 Å². The molecule has 1 aromatic carbocycles. The normalized spacial score (nSPS) is 16.9. The Morgan fingerprint density at radius 3 is 2.66 bits per heavy atom. The van der Waals surface area contributed by atoms with E-state index in [0.29, 0.717) is 54.0 Å². The van der Waals surface area contributed by atoms with Gasteiger partial charge in [-0.15, -0.1) is 0 Å². The maximum atomic E-state index is 12.8. The molecule has 11 heteroatoms. The number of anilines is 2. The molecule has 44 heavy (non-hydrogen) atoms. The van der Waals surface area contributed by atoms with E-state index < -0.39 is 0 Å². The Kier molecular flexibility index (Phi) is 9.86. The number of carbonyl (C=O) groups is 2. The van der Waals surface area contributed by atoms with Crippen molar-refractivity contribution >= 4 is 29.3 Å². The number of nitrogens with one attached hydrogen (secondary N) is 1. The molecule has 1 saturated carbocycles. The molecule has 1 unspecified atom stereocenters. The molecule has 2 aromatic heterocycles. The van der Waals surface area contributed by atoms with Crippen LogP contribution in [0.2, 0.25) is 0 Å². The summed E-state index contributed by atoms with van der Waals surface area (Å²) < 4.78 is 6.11. The molecule has 0 radical (unpaired) electrons. The summed E-state index contributed by atoms with van der Waals surface area (Å²) in [5, 5.41) is 2.84. The summed E-state index contributed by atoms with van der Waals surface area (Å²) in [5.41, 5.74) is 14.6.